The number of anilines is 1. The highest BCUT2D eigenvalue weighted by molar-refractivity contribution is 8.93. The zero-order valence-electron chi connectivity index (χ0n) is 18.9. The molecule has 1 rings (SSSR count). The number of aromatic nitrogens is 2. The van der Waals surface area contributed by atoms with E-state index in [-0.39, 0.29) is 34.0 Å². The van der Waals surface area contributed by atoms with E-state index < -0.39 is 0 Å². The minimum atomic E-state index is 0. The van der Waals surface area contributed by atoms with Crippen molar-refractivity contribution in [1.29, 1.82) is 0 Å². The molecule has 172 valence electrons. The molecule has 0 aliphatic rings. The van der Waals surface area contributed by atoms with Crippen LogP contribution in [-0.4, -0.2) is 93.6 Å². The molecule has 0 aliphatic carbocycles. The number of hydrogen-bond donors (Lipinski definition) is 0. The van der Waals surface area contributed by atoms with Crippen LogP contribution < -0.4 is 14.4 Å². The highest BCUT2D eigenvalue weighted by Crippen LogP contribution is 2.35. The first-order valence-electron chi connectivity index (χ1n) is 9.68. The Morgan fingerprint density at radius 3 is 1.52 bits per heavy atom. The lowest BCUT2D eigenvalue weighted by Crippen LogP contribution is -2.25. The summed E-state index contributed by atoms with van der Waals surface area (Å²) < 4.78 is 12.1. The first-order chi connectivity index (χ1) is 12.9. The molecule has 0 saturated heterocycles. The van der Waals surface area contributed by atoms with Crippen molar-refractivity contribution in [1.82, 2.24) is 19.8 Å². The Morgan fingerprint density at radius 2 is 1.21 bits per heavy atom. The van der Waals surface area contributed by atoms with Crippen molar-refractivity contribution < 1.29 is 9.47 Å². The van der Waals surface area contributed by atoms with Gasteiger partial charge in [0.05, 0.1) is 13.2 Å². The molecule has 29 heavy (non-hydrogen) atoms. The topological polar surface area (TPSA) is 54.0 Å². The Balaban J connectivity index is 0. The van der Waals surface area contributed by atoms with Gasteiger partial charge < -0.3 is 24.2 Å². The van der Waals surface area contributed by atoms with E-state index in [4.69, 9.17) is 9.47 Å². The number of nitrogens with zero attached hydrogens (tertiary/aromatic N) is 5. The lowest BCUT2D eigenvalue weighted by Gasteiger charge is -2.22. The molecule has 0 saturated carbocycles. The Hall–Kier alpha value is -0.290. The summed E-state index contributed by atoms with van der Waals surface area (Å²) in [6.45, 7) is 9.10. The van der Waals surface area contributed by atoms with E-state index in [0.29, 0.717) is 30.9 Å². The Bertz CT molecular complexity index is 512. The molecule has 10 heteroatoms. The summed E-state index contributed by atoms with van der Waals surface area (Å²) in [6, 6.07) is 0. The molecule has 7 nitrogen and oxygen atoms in total. The molecule has 0 amide bonds. The van der Waals surface area contributed by atoms with Gasteiger partial charge in [-0.25, -0.2) is 0 Å². The number of rotatable bonds is 14. The minimum absolute atomic E-state index is 0. The van der Waals surface area contributed by atoms with E-state index in [9.17, 15) is 0 Å². The van der Waals surface area contributed by atoms with Gasteiger partial charge in [0.25, 0.3) is 0 Å². The van der Waals surface area contributed by atoms with Crippen LogP contribution in [-0.2, 0) is 0 Å². The first kappa shape index (κ1) is 30.9. The van der Waals surface area contributed by atoms with Crippen LogP contribution >= 0.6 is 45.7 Å². The van der Waals surface area contributed by atoms with Crippen molar-refractivity contribution in [2.45, 2.75) is 31.6 Å². The molecular formula is C19H39Br2N5O2S. The molecule has 1 aromatic heterocycles. The average Bonchev–Trinajstić information content (AvgIpc) is 2.63. The molecule has 1 heterocycles. The van der Waals surface area contributed by atoms with E-state index in [2.05, 4.69) is 66.7 Å². The first-order valence-corrected chi connectivity index (χ1v) is 10.9. The number of ether oxygens (including phenoxy) is 2. The predicted octanol–water partition coefficient (Wildman–Crippen LogP) is 3.86. The van der Waals surface area contributed by atoms with E-state index in [1.165, 1.54) is 0 Å². The van der Waals surface area contributed by atoms with Gasteiger partial charge in [-0.05, 0) is 61.1 Å². The van der Waals surface area contributed by atoms with Crippen LogP contribution in [0, 0.1) is 0 Å². The second kappa shape index (κ2) is 17.4. The van der Waals surface area contributed by atoms with Crippen LogP contribution in [0.4, 0.5) is 5.95 Å². The number of thioether (sulfide) groups is 1. The van der Waals surface area contributed by atoms with Gasteiger partial charge in [-0.3, -0.25) is 0 Å². The van der Waals surface area contributed by atoms with Gasteiger partial charge in [-0.1, -0.05) is 0 Å². The normalized spacial score (nSPS) is 10.5. The van der Waals surface area contributed by atoms with Gasteiger partial charge >= 0.3 is 0 Å². The zero-order valence-corrected chi connectivity index (χ0v) is 23.2. The van der Waals surface area contributed by atoms with Gasteiger partial charge in [-0.15, -0.1) is 45.7 Å². The van der Waals surface area contributed by atoms with Crippen molar-refractivity contribution in [3.8, 4) is 11.8 Å². The molecule has 0 N–H and O–H groups in total. The third-order valence-corrected chi connectivity index (χ3v) is 4.78. The van der Waals surface area contributed by atoms with Gasteiger partial charge in [0.15, 0.2) is 0 Å². The molecule has 0 aliphatic heterocycles. The van der Waals surface area contributed by atoms with Crippen molar-refractivity contribution in [2.24, 2.45) is 0 Å². The second-order valence-electron chi connectivity index (χ2n) is 6.85. The molecule has 1 aromatic rings. The fourth-order valence-corrected chi connectivity index (χ4v) is 3.08. The molecular weight excluding hydrogens is 522 g/mol. The maximum atomic E-state index is 6.03. The predicted molar refractivity (Wildman–Crippen MR) is 135 cm³/mol. The monoisotopic (exact) mass is 559 g/mol. The van der Waals surface area contributed by atoms with Crippen LogP contribution in [0.15, 0.2) is 4.90 Å². The van der Waals surface area contributed by atoms with Crippen LogP contribution in [0.3, 0.4) is 0 Å². The third kappa shape index (κ3) is 11.6. The van der Waals surface area contributed by atoms with Crippen molar-refractivity contribution in [3.05, 3.63) is 0 Å². The summed E-state index contributed by atoms with van der Waals surface area (Å²) in [5.74, 6) is 1.92. The maximum absolute atomic E-state index is 6.03. The standard InChI is InChI=1S/C19H37N5O2S.2BrH/c1-8-24(9-2)19-20-17(25-14-10-12-22(3)4)16(27-7)18(21-19)26-15-11-13-23(5)6;;/h8-15H2,1-7H3;2*1H. The van der Waals surface area contributed by atoms with E-state index in [1.54, 1.807) is 11.8 Å². The average molecular weight is 561 g/mol. The highest BCUT2D eigenvalue weighted by Gasteiger charge is 2.19. The lowest BCUT2D eigenvalue weighted by atomic mass is 10.4. The summed E-state index contributed by atoms with van der Waals surface area (Å²) in [6.07, 6.45) is 3.91. The van der Waals surface area contributed by atoms with Gasteiger partial charge in [-0.2, -0.15) is 9.97 Å². The van der Waals surface area contributed by atoms with Crippen molar-refractivity contribution in [3.63, 3.8) is 0 Å². The number of hydrogen-bond acceptors (Lipinski definition) is 8. The van der Waals surface area contributed by atoms with Gasteiger partial charge in [0.1, 0.15) is 4.90 Å². The third-order valence-electron chi connectivity index (χ3n) is 4.02. The van der Waals surface area contributed by atoms with Crippen LogP contribution in [0.25, 0.3) is 0 Å². The molecule has 0 aromatic carbocycles. The maximum Gasteiger partial charge on any atom is 0.236 e. The van der Waals surface area contributed by atoms with Crippen LogP contribution in [0.1, 0.15) is 26.7 Å². The van der Waals surface area contributed by atoms with E-state index >= 15 is 0 Å². The summed E-state index contributed by atoms with van der Waals surface area (Å²) >= 11 is 1.57. The van der Waals surface area contributed by atoms with E-state index in [0.717, 1.165) is 43.9 Å². The molecule has 0 bridgehead atoms. The molecule has 0 radical (unpaired) electrons. The Kier molecular flexibility index (Phi) is 18.5. The summed E-state index contributed by atoms with van der Waals surface area (Å²) in [7, 11) is 8.26. The smallest absolute Gasteiger partial charge is 0.236 e. The summed E-state index contributed by atoms with van der Waals surface area (Å²) in [4.78, 5) is 16.7. The van der Waals surface area contributed by atoms with E-state index in [1.807, 2.05) is 6.26 Å². The molecule has 0 atom stereocenters. The van der Waals surface area contributed by atoms with Crippen LogP contribution in [0.2, 0.25) is 0 Å². The van der Waals surface area contributed by atoms with Crippen molar-refractivity contribution >= 4 is 51.7 Å². The minimum Gasteiger partial charge on any atom is -0.477 e. The Morgan fingerprint density at radius 1 is 0.793 bits per heavy atom. The largest absolute Gasteiger partial charge is 0.477 e. The Labute approximate surface area is 202 Å². The van der Waals surface area contributed by atoms with Gasteiger partial charge in [0, 0.05) is 26.2 Å². The molecule has 0 unspecified atom stereocenters. The van der Waals surface area contributed by atoms with Gasteiger partial charge in [0.2, 0.25) is 17.7 Å². The molecule has 0 spiro atoms. The second-order valence-corrected chi connectivity index (χ2v) is 7.67. The zero-order chi connectivity index (χ0) is 20.2. The molecule has 0 fully saturated rings. The van der Waals surface area contributed by atoms with Crippen molar-refractivity contribution in [2.75, 3.05) is 78.7 Å². The fourth-order valence-electron chi connectivity index (χ4n) is 2.52. The lowest BCUT2D eigenvalue weighted by molar-refractivity contribution is 0.247. The summed E-state index contributed by atoms with van der Waals surface area (Å²) in [5, 5.41) is 0. The quantitative estimate of drug-likeness (QED) is 0.251. The highest BCUT2D eigenvalue weighted by atomic mass is 79.9. The van der Waals surface area contributed by atoms with Crippen LogP contribution in [0.5, 0.6) is 11.8 Å². The fraction of sp³-hybridized carbons (Fsp3) is 0.789. The summed E-state index contributed by atoms with van der Waals surface area (Å²) in [5.41, 5.74) is 0. The SMILES string of the molecule is Br.Br.CCN(CC)c1nc(OCCCN(C)C)c(SC)c(OCCCN(C)C)n1. The number of halogens is 2.